The van der Waals surface area contributed by atoms with Crippen LogP contribution in [0.5, 0.6) is 5.75 Å². The molecule has 1 aromatic carbocycles. The Kier molecular flexibility index (Phi) is 10.7. The lowest BCUT2D eigenvalue weighted by atomic mass is 10.1. The summed E-state index contributed by atoms with van der Waals surface area (Å²) in [7, 11) is 0. The van der Waals surface area contributed by atoms with Gasteiger partial charge in [-0.05, 0) is 64.3 Å². The molecule has 1 amide bonds. The zero-order valence-corrected chi connectivity index (χ0v) is 14.6. The van der Waals surface area contributed by atoms with E-state index in [4.69, 9.17) is 10.5 Å². The van der Waals surface area contributed by atoms with Crippen molar-refractivity contribution in [3.8, 4) is 5.75 Å². The smallest absolute Gasteiger partial charge is 0.220 e. The molecule has 22 heavy (non-hydrogen) atoms. The number of amides is 1. The molecule has 4 nitrogen and oxygen atoms in total. The molecule has 3 N–H and O–H groups in total. The van der Waals surface area contributed by atoms with Gasteiger partial charge in [0.1, 0.15) is 5.75 Å². The van der Waals surface area contributed by atoms with Crippen molar-refractivity contribution in [2.24, 2.45) is 5.73 Å². The van der Waals surface area contributed by atoms with Crippen LogP contribution in [-0.2, 0) is 11.2 Å². The van der Waals surface area contributed by atoms with Gasteiger partial charge in [0.2, 0.25) is 5.91 Å². The molecule has 0 saturated carbocycles. The fourth-order valence-corrected chi connectivity index (χ4v) is 2.07. The van der Waals surface area contributed by atoms with Crippen molar-refractivity contribution >= 4 is 18.3 Å². The molecule has 126 valence electrons. The van der Waals surface area contributed by atoms with Crippen LogP contribution in [0.3, 0.4) is 0 Å². The molecule has 1 atom stereocenters. The van der Waals surface area contributed by atoms with Gasteiger partial charge < -0.3 is 15.8 Å². The van der Waals surface area contributed by atoms with Gasteiger partial charge in [0.15, 0.2) is 0 Å². The second kappa shape index (κ2) is 11.3. The zero-order valence-electron chi connectivity index (χ0n) is 13.8. The number of halogens is 1. The van der Waals surface area contributed by atoms with Crippen LogP contribution in [-0.4, -0.2) is 24.6 Å². The summed E-state index contributed by atoms with van der Waals surface area (Å²) in [6, 6.07) is 8.35. The molecule has 5 heteroatoms. The largest absolute Gasteiger partial charge is 0.491 e. The van der Waals surface area contributed by atoms with Crippen molar-refractivity contribution in [1.82, 2.24) is 5.32 Å². The van der Waals surface area contributed by atoms with Gasteiger partial charge in [-0.3, -0.25) is 4.79 Å². The second-order valence-electron chi connectivity index (χ2n) is 5.71. The van der Waals surface area contributed by atoms with E-state index in [0.717, 1.165) is 25.0 Å². The number of hydrogen-bond donors (Lipinski definition) is 2. The SMILES string of the molecule is CC(CCc1ccc(OC(C)C)cc1)NC(=O)CCCN.Cl. The topological polar surface area (TPSA) is 64.3 Å². The van der Waals surface area contributed by atoms with E-state index in [2.05, 4.69) is 17.4 Å². The first kappa shape index (κ1) is 20.7. The predicted octanol–water partition coefficient (Wildman–Crippen LogP) is 3.07. The van der Waals surface area contributed by atoms with Crippen molar-refractivity contribution in [1.29, 1.82) is 0 Å². The fourth-order valence-electron chi connectivity index (χ4n) is 2.07. The molecule has 0 spiro atoms. The molecule has 0 bridgehead atoms. The average molecular weight is 329 g/mol. The highest BCUT2D eigenvalue weighted by molar-refractivity contribution is 5.85. The minimum Gasteiger partial charge on any atom is -0.491 e. The molecule has 1 unspecified atom stereocenters. The van der Waals surface area contributed by atoms with Gasteiger partial charge in [0, 0.05) is 12.5 Å². The van der Waals surface area contributed by atoms with E-state index >= 15 is 0 Å². The van der Waals surface area contributed by atoms with Gasteiger partial charge in [0.25, 0.3) is 0 Å². The molecule has 1 aromatic rings. The van der Waals surface area contributed by atoms with Crippen LogP contribution in [0.4, 0.5) is 0 Å². The number of carbonyl (C=O) groups excluding carboxylic acids is 1. The zero-order chi connectivity index (χ0) is 15.7. The first-order valence-corrected chi connectivity index (χ1v) is 7.76. The monoisotopic (exact) mass is 328 g/mol. The van der Waals surface area contributed by atoms with Crippen LogP contribution in [0.15, 0.2) is 24.3 Å². The van der Waals surface area contributed by atoms with Gasteiger partial charge in [0.05, 0.1) is 6.10 Å². The van der Waals surface area contributed by atoms with E-state index in [1.54, 1.807) is 0 Å². The normalized spacial score (nSPS) is 11.7. The second-order valence-corrected chi connectivity index (χ2v) is 5.71. The Bertz CT molecular complexity index is 421. The van der Waals surface area contributed by atoms with Crippen molar-refractivity contribution < 1.29 is 9.53 Å². The van der Waals surface area contributed by atoms with Crippen molar-refractivity contribution in [3.63, 3.8) is 0 Å². The molecule has 0 fully saturated rings. The lowest BCUT2D eigenvalue weighted by Crippen LogP contribution is -2.33. The van der Waals surface area contributed by atoms with Crippen LogP contribution >= 0.6 is 12.4 Å². The van der Waals surface area contributed by atoms with E-state index in [1.165, 1.54) is 5.56 Å². The fraction of sp³-hybridized carbons (Fsp3) is 0.588. The lowest BCUT2D eigenvalue weighted by molar-refractivity contribution is -0.121. The summed E-state index contributed by atoms with van der Waals surface area (Å²) in [5.41, 5.74) is 6.65. The van der Waals surface area contributed by atoms with Crippen molar-refractivity contribution in [3.05, 3.63) is 29.8 Å². The third-order valence-electron chi connectivity index (χ3n) is 3.18. The minimum absolute atomic E-state index is 0. The lowest BCUT2D eigenvalue weighted by Gasteiger charge is -2.14. The Morgan fingerprint density at radius 2 is 1.86 bits per heavy atom. The van der Waals surface area contributed by atoms with E-state index in [9.17, 15) is 4.79 Å². The summed E-state index contributed by atoms with van der Waals surface area (Å²) in [6.45, 7) is 6.63. The van der Waals surface area contributed by atoms with Gasteiger partial charge >= 0.3 is 0 Å². The van der Waals surface area contributed by atoms with Crippen molar-refractivity contribution in [2.75, 3.05) is 6.54 Å². The van der Waals surface area contributed by atoms with Crippen LogP contribution in [0.1, 0.15) is 45.6 Å². The molecule has 0 saturated heterocycles. The predicted molar refractivity (Wildman–Crippen MR) is 93.7 cm³/mol. The van der Waals surface area contributed by atoms with Crippen LogP contribution in [0.2, 0.25) is 0 Å². The Hall–Kier alpha value is -1.26. The van der Waals surface area contributed by atoms with Crippen molar-refractivity contribution in [2.45, 2.75) is 58.6 Å². The maximum Gasteiger partial charge on any atom is 0.220 e. The average Bonchev–Trinajstić information content (AvgIpc) is 2.44. The van der Waals surface area contributed by atoms with Crippen LogP contribution in [0, 0.1) is 0 Å². The van der Waals surface area contributed by atoms with E-state index in [0.29, 0.717) is 13.0 Å². The molecule has 0 aliphatic heterocycles. The number of nitrogens with one attached hydrogen (secondary N) is 1. The Labute approximate surface area is 140 Å². The molecule has 1 rings (SSSR count). The third-order valence-corrected chi connectivity index (χ3v) is 3.18. The highest BCUT2D eigenvalue weighted by atomic mass is 35.5. The Balaban J connectivity index is 0.00000441. The number of carbonyl (C=O) groups is 1. The van der Waals surface area contributed by atoms with Gasteiger partial charge in [-0.15, -0.1) is 12.4 Å². The number of ether oxygens (including phenoxy) is 1. The Morgan fingerprint density at radius 1 is 1.23 bits per heavy atom. The highest BCUT2D eigenvalue weighted by Crippen LogP contribution is 2.15. The maximum atomic E-state index is 11.6. The van der Waals surface area contributed by atoms with Gasteiger partial charge in [-0.1, -0.05) is 12.1 Å². The number of nitrogens with two attached hydrogens (primary N) is 1. The molecule has 0 aromatic heterocycles. The summed E-state index contributed by atoms with van der Waals surface area (Å²) in [5.74, 6) is 0.991. The van der Waals surface area contributed by atoms with E-state index in [-0.39, 0.29) is 30.5 Å². The van der Waals surface area contributed by atoms with Crippen LogP contribution in [0.25, 0.3) is 0 Å². The molecule has 0 aliphatic carbocycles. The summed E-state index contributed by atoms with van der Waals surface area (Å²) in [5, 5.41) is 3.00. The number of hydrogen-bond acceptors (Lipinski definition) is 3. The standard InChI is InChI=1S/C17H28N2O2.ClH/c1-13(2)21-16-10-8-15(9-11-16)7-6-14(3)19-17(20)5-4-12-18;/h8-11,13-14H,4-7,12,18H2,1-3H3,(H,19,20);1H. The molecule has 0 aliphatic rings. The first-order valence-electron chi connectivity index (χ1n) is 7.76. The maximum absolute atomic E-state index is 11.6. The molecular weight excluding hydrogens is 300 g/mol. The summed E-state index contributed by atoms with van der Waals surface area (Å²) in [4.78, 5) is 11.6. The minimum atomic E-state index is 0. The molecular formula is C17H29ClN2O2. The summed E-state index contributed by atoms with van der Waals surface area (Å²) in [6.07, 6.45) is 3.33. The van der Waals surface area contributed by atoms with Gasteiger partial charge in [-0.2, -0.15) is 0 Å². The summed E-state index contributed by atoms with van der Waals surface area (Å²) < 4.78 is 5.62. The third kappa shape index (κ3) is 8.90. The Morgan fingerprint density at radius 3 is 2.41 bits per heavy atom. The molecule has 0 heterocycles. The number of benzene rings is 1. The van der Waals surface area contributed by atoms with Gasteiger partial charge in [-0.25, -0.2) is 0 Å². The van der Waals surface area contributed by atoms with Crippen LogP contribution < -0.4 is 15.8 Å². The van der Waals surface area contributed by atoms with E-state index < -0.39 is 0 Å². The summed E-state index contributed by atoms with van der Waals surface area (Å²) >= 11 is 0. The highest BCUT2D eigenvalue weighted by Gasteiger charge is 2.07. The quantitative estimate of drug-likeness (QED) is 0.732. The molecule has 0 radical (unpaired) electrons. The first-order chi connectivity index (χ1) is 10.0. The number of rotatable bonds is 9. The van der Waals surface area contributed by atoms with E-state index in [1.807, 2.05) is 32.9 Å². The number of aryl methyl sites for hydroxylation is 1.